The Morgan fingerprint density at radius 3 is 0.884 bits per heavy atom. The number of carbonyl (C=O) groups excluding carboxylic acids is 3. The van der Waals surface area contributed by atoms with Crippen LogP contribution in [0.25, 0.3) is 0 Å². The second-order valence-electron chi connectivity index (χ2n) is 19.5. The van der Waals surface area contributed by atoms with Crippen molar-refractivity contribution in [3.63, 3.8) is 0 Å². The average molecular weight is 964 g/mol. The molecule has 1 unspecified atom stereocenters. The molecule has 0 radical (unpaired) electrons. The molecule has 0 aromatic rings. The first-order valence-corrected chi connectivity index (χ1v) is 29.4. The summed E-state index contributed by atoms with van der Waals surface area (Å²) >= 11 is 0. The van der Waals surface area contributed by atoms with Crippen molar-refractivity contribution in [1.82, 2.24) is 0 Å². The van der Waals surface area contributed by atoms with Crippen LogP contribution in [-0.4, -0.2) is 37.2 Å². The molecule has 0 aromatic carbocycles. The molecule has 0 saturated heterocycles. The van der Waals surface area contributed by atoms with Crippen LogP contribution < -0.4 is 0 Å². The monoisotopic (exact) mass is 963 g/mol. The maximum Gasteiger partial charge on any atom is 0.306 e. The lowest BCUT2D eigenvalue weighted by atomic mass is 10.0. The Morgan fingerprint density at radius 1 is 0.304 bits per heavy atom. The summed E-state index contributed by atoms with van der Waals surface area (Å²) in [4.78, 5) is 38.2. The van der Waals surface area contributed by atoms with Gasteiger partial charge in [-0.05, 0) is 89.9 Å². The number of rotatable bonds is 53. The first-order chi connectivity index (χ1) is 34.0. The number of allylic oxidation sites excluding steroid dienone is 12. The summed E-state index contributed by atoms with van der Waals surface area (Å²) < 4.78 is 16.9. The van der Waals surface area contributed by atoms with Crippen molar-refractivity contribution >= 4 is 17.9 Å². The zero-order valence-corrected chi connectivity index (χ0v) is 45.6. The SMILES string of the molecule is CC/C=C\C/C=C\C/C=C\CCCCCCCC(=O)OC(COC(=O)CCCCCCCC/C=C\C/C=C\C/C=C\CCCCCCC)COC(=O)CCCCCCCCCCCCCCCCC. The average Bonchev–Trinajstić information content (AvgIpc) is 3.35. The molecule has 0 aliphatic rings. The van der Waals surface area contributed by atoms with E-state index in [9.17, 15) is 14.4 Å². The van der Waals surface area contributed by atoms with E-state index in [-0.39, 0.29) is 31.1 Å². The highest BCUT2D eigenvalue weighted by atomic mass is 16.6. The lowest BCUT2D eigenvalue weighted by Crippen LogP contribution is -2.30. The van der Waals surface area contributed by atoms with Crippen molar-refractivity contribution in [2.75, 3.05) is 13.2 Å². The van der Waals surface area contributed by atoms with Crippen molar-refractivity contribution in [1.29, 1.82) is 0 Å². The highest BCUT2D eigenvalue weighted by Crippen LogP contribution is 2.16. The van der Waals surface area contributed by atoms with Gasteiger partial charge in [-0.1, -0.05) is 254 Å². The van der Waals surface area contributed by atoms with E-state index in [1.807, 2.05) is 0 Å². The predicted octanol–water partition coefficient (Wildman–Crippen LogP) is 19.8. The summed E-state index contributed by atoms with van der Waals surface area (Å²) in [5.41, 5.74) is 0. The van der Waals surface area contributed by atoms with Crippen LogP contribution >= 0.6 is 0 Å². The van der Waals surface area contributed by atoms with Gasteiger partial charge in [0, 0.05) is 19.3 Å². The number of ether oxygens (including phenoxy) is 3. The molecule has 0 fully saturated rings. The van der Waals surface area contributed by atoms with Crippen LogP contribution in [0.4, 0.5) is 0 Å². The molecule has 0 rings (SSSR count). The smallest absolute Gasteiger partial charge is 0.306 e. The van der Waals surface area contributed by atoms with E-state index >= 15 is 0 Å². The molecule has 1 atom stereocenters. The zero-order chi connectivity index (χ0) is 50.0. The minimum Gasteiger partial charge on any atom is -0.462 e. The predicted molar refractivity (Wildman–Crippen MR) is 298 cm³/mol. The standard InChI is InChI=1S/C63H110O6/c1-4-7-10-13-16-19-22-25-28-29-30-31-32-33-36-38-41-44-47-50-53-56-62(65)68-59-60(69-63(66)57-54-51-48-45-42-39-35-27-24-21-18-15-12-9-6-3)58-67-61(64)55-52-49-46-43-40-37-34-26-23-20-17-14-11-8-5-2/h9,12,18,21-22,25,27,29-30,32-33,35,60H,4-8,10-11,13-17,19-20,23-24,26,28,31,34,36-59H2,1-3H3/b12-9-,21-18-,25-22-,30-29-,33-32-,35-27-. The largest absolute Gasteiger partial charge is 0.462 e. The van der Waals surface area contributed by atoms with E-state index in [0.717, 1.165) is 116 Å². The third kappa shape index (κ3) is 55.6. The maximum absolute atomic E-state index is 12.8. The van der Waals surface area contributed by atoms with Gasteiger partial charge in [-0.2, -0.15) is 0 Å². The van der Waals surface area contributed by atoms with Crippen LogP contribution in [0.5, 0.6) is 0 Å². The minimum atomic E-state index is -0.789. The van der Waals surface area contributed by atoms with E-state index in [1.54, 1.807) is 0 Å². The third-order valence-corrected chi connectivity index (χ3v) is 12.7. The van der Waals surface area contributed by atoms with Crippen LogP contribution in [-0.2, 0) is 28.6 Å². The molecule has 69 heavy (non-hydrogen) atoms. The Bertz CT molecular complexity index is 1290. The number of esters is 3. The van der Waals surface area contributed by atoms with Crippen molar-refractivity contribution in [3.05, 3.63) is 72.9 Å². The third-order valence-electron chi connectivity index (χ3n) is 12.7. The minimum absolute atomic E-state index is 0.0847. The van der Waals surface area contributed by atoms with Gasteiger partial charge in [0.1, 0.15) is 13.2 Å². The molecule has 0 amide bonds. The van der Waals surface area contributed by atoms with Gasteiger partial charge in [0.25, 0.3) is 0 Å². The Morgan fingerprint density at radius 2 is 0.565 bits per heavy atom. The first-order valence-electron chi connectivity index (χ1n) is 29.4. The Kier molecular flexibility index (Phi) is 54.8. The Labute approximate surface area is 427 Å². The van der Waals surface area contributed by atoms with Gasteiger partial charge in [0.15, 0.2) is 6.10 Å². The summed E-state index contributed by atoms with van der Waals surface area (Å²) in [6, 6.07) is 0. The number of hydrogen-bond donors (Lipinski definition) is 0. The van der Waals surface area contributed by atoms with Gasteiger partial charge in [-0.3, -0.25) is 14.4 Å². The van der Waals surface area contributed by atoms with Gasteiger partial charge >= 0.3 is 17.9 Å². The Balaban J connectivity index is 4.39. The van der Waals surface area contributed by atoms with Crippen LogP contribution in [0.1, 0.15) is 290 Å². The van der Waals surface area contributed by atoms with Crippen LogP contribution in [0.3, 0.4) is 0 Å². The molecule has 6 heteroatoms. The fourth-order valence-electron chi connectivity index (χ4n) is 8.29. The molecule has 0 aliphatic heterocycles. The molecule has 0 saturated carbocycles. The maximum atomic E-state index is 12.8. The lowest BCUT2D eigenvalue weighted by molar-refractivity contribution is -0.167. The van der Waals surface area contributed by atoms with Crippen molar-refractivity contribution in [2.24, 2.45) is 0 Å². The van der Waals surface area contributed by atoms with Crippen molar-refractivity contribution in [3.8, 4) is 0 Å². The highest BCUT2D eigenvalue weighted by Gasteiger charge is 2.19. The summed E-state index contributed by atoms with van der Waals surface area (Å²) in [6.45, 7) is 6.52. The van der Waals surface area contributed by atoms with Gasteiger partial charge in [-0.25, -0.2) is 0 Å². The van der Waals surface area contributed by atoms with E-state index in [4.69, 9.17) is 14.2 Å². The van der Waals surface area contributed by atoms with Gasteiger partial charge < -0.3 is 14.2 Å². The fraction of sp³-hybridized carbons (Fsp3) is 0.762. The molecule has 398 valence electrons. The fourth-order valence-corrected chi connectivity index (χ4v) is 8.29. The normalized spacial score (nSPS) is 12.6. The van der Waals surface area contributed by atoms with Crippen LogP contribution in [0, 0.1) is 0 Å². The highest BCUT2D eigenvalue weighted by molar-refractivity contribution is 5.71. The van der Waals surface area contributed by atoms with Crippen molar-refractivity contribution < 1.29 is 28.6 Å². The molecule has 0 N–H and O–H groups in total. The molecule has 0 aromatic heterocycles. The molecule has 0 bridgehead atoms. The topological polar surface area (TPSA) is 78.9 Å². The molecule has 0 spiro atoms. The number of hydrogen-bond acceptors (Lipinski definition) is 6. The molecular formula is C63H110O6. The zero-order valence-electron chi connectivity index (χ0n) is 45.6. The lowest BCUT2D eigenvalue weighted by Gasteiger charge is -2.18. The molecule has 0 aliphatic carbocycles. The second kappa shape index (κ2) is 57.4. The second-order valence-corrected chi connectivity index (χ2v) is 19.5. The molecule has 0 heterocycles. The van der Waals surface area contributed by atoms with E-state index in [2.05, 4.69) is 93.7 Å². The van der Waals surface area contributed by atoms with Crippen LogP contribution in [0.2, 0.25) is 0 Å². The first kappa shape index (κ1) is 65.8. The van der Waals surface area contributed by atoms with Gasteiger partial charge in [-0.15, -0.1) is 0 Å². The summed E-state index contributed by atoms with van der Waals surface area (Å²) in [5, 5.41) is 0. The molecule has 6 nitrogen and oxygen atoms in total. The number of unbranched alkanes of at least 4 members (excludes halogenated alkanes) is 30. The summed E-state index contributed by atoms with van der Waals surface area (Å²) in [5.74, 6) is -0.904. The summed E-state index contributed by atoms with van der Waals surface area (Å²) in [6.07, 6.45) is 73.2. The number of carbonyl (C=O) groups is 3. The van der Waals surface area contributed by atoms with Gasteiger partial charge in [0.05, 0.1) is 0 Å². The van der Waals surface area contributed by atoms with Gasteiger partial charge in [0.2, 0.25) is 0 Å². The van der Waals surface area contributed by atoms with Crippen molar-refractivity contribution in [2.45, 2.75) is 297 Å². The van der Waals surface area contributed by atoms with E-state index < -0.39 is 6.10 Å². The summed E-state index contributed by atoms with van der Waals surface area (Å²) in [7, 11) is 0. The van der Waals surface area contributed by atoms with E-state index in [1.165, 1.54) is 135 Å². The Hall–Kier alpha value is -3.15. The van der Waals surface area contributed by atoms with Crippen LogP contribution in [0.15, 0.2) is 72.9 Å². The van der Waals surface area contributed by atoms with E-state index in [0.29, 0.717) is 19.3 Å². The molecular weight excluding hydrogens is 853 g/mol. The quantitative estimate of drug-likeness (QED) is 0.0262.